The van der Waals surface area contributed by atoms with E-state index in [2.05, 4.69) is 19.2 Å². The highest BCUT2D eigenvalue weighted by Gasteiger charge is 2.21. The van der Waals surface area contributed by atoms with Crippen LogP contribution in [0.25, 0.3) is 0 Å². The van der Waals surface area contributed by atoms with Crippen molar-refractivity contribution < 1.29 is 14.6 Å². The maximum atomic E-state index is 11.8. The summed E-state index contributed by atoms with van der Waals surface area (Å²) < 4.78 is 5.49. The third kappa shape index (κ3) is 5.87. The van der Waals surface area contributed by atoms with E-state index >= 15 is 0 Å². The Morgan fingerprint density at radius 2 is 1.87 bits per heavy atom. The van der Waals surface area contributed by atoms with Crippen LogP contribution in [0.4, 0.5) is 0 Å². The molecule has 0 radical (unpaired) electrons. The van der Waals surface area contributed by atoms with Crippen LogP contribution in [-0.4, -0.2) is 30.3 Å². The molecule has 1 fully saturated rings. The second-order valence-electron chi connectivity index (χ2n) is 6.78. The molecule has 1 atom stereocenters. The van der Waals surface area contributed by atoms with Gasteiger partial charge in [-0.25, -0.2) is 0 Å². The quantitative estimate of drug-likeness (QED) is 0.811. The molecule has 1 aliphatic rings. The molecule has 1 saturated carbocycles. The van der Waals surface area contributed by atoms with Crippen molar-refractivity contribution in [2.75, 3.05) is 13.2 Å². The molecule has 1 amide bonds. The zero-order chi connectivity index (χ0) is 16.7. The molecule has 2 N–H and O–H groups in total. The van der Waals surface area contributed by atoms with Crippen molar-refractivity contribution in [2.24, 2.45) is 5.92 Å². The van der Waals surface area contributed by atoms with E-state index < -0.39 is 6.10 Å². The molecule has 0 bridgehead atoms. The van der Waals surface area contributed by atoms with Crippen LogP contribution in [-0.2, 0) is 4.79 Å². The van der Waals surface area contributed by atoms with Gasteiger partial charge in [0.1, 0.15) is 5.75 Å². The lowest BCUT2D eigenvalue weighted by molar-refractivity contribution is -0.123. The Balaban J connectivity index is 1.68. The largest absolute Gasteiger partial charge is 0.484 e. The van der Waals surface area contributed by atoms with Crippen molar-refractivity contribution in [3.05, 3.63) is 29.8 Å². The van der Waals surface area contributed by atoms with Crippen LogP contribution in [0.5, 0.6) is 5.75 Å². The monoisotopic (exact) mass is 319 g/mol. The molecule has 0 saturated heterocycles. The zero-order valence-electron chi connectivity index (χ0n) is 14.3. The highest BCUT2D eigenvalue weighted by Crippen LogP contribution is 2.26. The van der Waals surface area contributed by atoms with Crippen LogP contribution < -0.4 is 10.1 Å². The first-order valence-corrected chi connectivity index (χ1v) is 8.74. The predicted molar refractivity (Wildman–Crippen MR) is 91.6 cm³/mol. The fraction of sp³-hybridized carbons (Fsp3) is 0.632. The fourth-order valence-corrected chi connectivity index (χ4v) is 3.05. The Hall–Kier alpha value is -1.55. The van der Waals surface area contributed by atoms with E-state index in [1.54, 1.807) is 0 Å². The van der Waals surface area contributed by atoms with Gasteiger partial charge in [-0.3, -0.25) is 4.79 Å². The maximum Gasteiger partial charge on any atom is 0.258 e. The summed E-state index contributed by atoms with van der Waals surface area (Å²) in [7, 11) is 0. The molecular formula is C19H29NO3. The number of carbonyl (C=O) groups is 1. The molecule has 2 rings (SSSR count). The lowest BCUT2D eigenvalue weighted by atomic mass is 9.85. The second kappa shape index (κ2) is 8.92. The summed E-state index contributed by atoms with van der Waals surface area (Å²) >= 11 is 0. The fourth-order valence-electron chi connectivity index (χ4n) is 3.05. The standard InChI is InChI=1S/C19H29NO3/c1-14(2)15-8-10-17(11-9-15)23-13-19(22)20-12-18(21)16-6-4-3-5-7-16/h8-11,14,16,18,21H,3-7,12-13H2,1-2H3,(H,20,22). The van der Waals surface area contributed by atoms with E-state index in [-0.39, 0.29) is 12.5 Å². The van der Waals surface area contributed by atoms with Gasteiger partial charge in [0.05, 0.1) is 6.10 Å². The summed E-state index contributed by atoms with van der Waals surface area (Å²) in [5.41, 5.74) is 1.25. The van der Waals surface area contributed by atoms with Gasteiger partial charge in [0.25, 0.3) is 5.91 Å². The van der Waals surface area contributed by atoms with Gasteiger partial charge in [-0.15, -0.1) is 0 Å². The SMILES string of the molecule is CC(C)c1ccc(OCC(=O)NCC(O)C2CCCCC2)cc1. The summed E-state index contributed by atoms with van der Waals surface area (Å²) in [6.45, 7) is 4.58. The molecule has 23 heavy (non-hydrogen) atoms. The molecule has 1 aromatic carbocycles. The number of aliphatic hydroxyl groups excluding tert-OH is 1. The molecule has 1 aromatic rings. The van der Waals surface area contributed by atoms with Gasteiger partial charge in [-0.1, -0.05) is 45.2 Å². The molecule has 4 heteroatoms. The highest BCUT2D eigenvalue weighted by molar-refractivity contribution is 5.77. The van der Waals surface area contributed by atoms with E-state index in [1.807, 2.05) is 24.3 Å². The normalized spacial score (nSPS) is 17.0. The minimum atomic E-state index is -0.440. The van der Waals surface area contributed by atoms with Gasteiger partial charge in [0, 0.05) is 6.54 Å². The Kier molecular flexibility index (Phi) is 6.90. The predicted octanol–water partition coefficient (Wildman–Crippen LogP) is 3.25. The smallest absolute Gasteiger partial charge is 0.258 e. The average molecular weight is 319 g/mol. The second-order valence-corrected chi connectivity index (χ2v) is 6.78. The molecule has 0 aromatic heterocycles. The molecule has 1 aliphatic carbocycles. The molecule has 0 spiro atoms. The van der Waals surface area contributed by atoms with Crippen molar-refractivity contribution in [3.63, 3.8) is 0 Å². The maximum absolute atomic E-state index is 11.8. The van der Waals surface area contributed by atoms with Gasteiger partial charge < -0.3 is 15.2 Å². The van der Waals surface area contributed by atoms with Crippen LogP contribution in [0.15, 0.2) is 24.3 Å². The Bertz CT molecular complexity index is 478. The molecule has 4 nitrogen and oxygen atoms in total. The summed E-state index contributed by atoms with van der Waals surface area (Å²) in [5, 5.41) is 12.9. The minimum absolute atomic E-state index is 0.0155. The van der Waals surface area contributed by atoms with Crippen LogP contribution in [0, 0.1) is 5.92 Å². The molecule has 1 unspecified atom stereocenters. The third-order valence-corrected chi connectivity index (χ3v) is 4.62. The minimum Gasteiger partial charge on any atom is -0.484 e. The average Bonchev–Trinajstić information content (AvgIpc) is 2.59. The van der Waals surface area contributed by atoms with Gasteiger partial charge in [-0.05, 0) is 42.4 Å². The first-order chi connectivity index (χ1) is 11.1. The molecule has 0 aliphatic heterocycles. The van der Waals surface area contributed by atoms with E-state index in [1.165, 1.54) is 24.8 Å². The van der Waals surface area contributed by atoms with Crippen molar-refractivity contribution in [1.29, 1.82) is 0 Å². The van der Waals surface area contributed by atoms with Crippen molar-refractivity contribution in [2.45, 2.75) is 58.0 Å². The zero-order valence-corrected chi connectivity index (χ0v) is 14.3. The van der Waals surface area contributed by atoms with Crippen LogP contribution in [0.1, 0.15) is 57.4 Å². The summed E-state index contributed by atoms with van der Waals surface area (Å²) in [5.74, 6) is 1.31. The molecule has 0 heterocycles. The van der Waals surface area contributed by atoms with E-state index in [9.17, 15) is 9.90 Å². The first kappa shape index (κ1) is 17.8. The van der Waals surface area contributed by atoms with E-state index in [0.717, 1.165) is 12.8 Å². The van der Waals surface area contributed by atoms with Gasteiger partial charge in [0.15, 0.2) is 6.61 Å². The van der Waals surface area contributed by atoms with Gasteiger partial charge in [0.2, 0.25) is 0 Å². The number of carbonyl (C=O) groups excluding carboxylic acids is 1. The van der Waals surface area contributed by atoms with Crippen molar-refractivity contribution >= 4 is 5.91 Å². The number of amides is 1. The van der Waals surface area contributed by atoms with E-state index in [0.29, 0.717) is 24.1 Å². The molecular weight excluding hydrogens is 290 g/mol. The van der Waals surface area contributed by atoms with Gasteiger partial charge in [-0.2, -0.15) is 0 Å². The number of hydrogen-bond donors (Lipinski definition) is 2. The summed E-state index contributed by atoms with van der Waals surface area (Å²) in [4.78, 5) is 11.8. The van der Waals surface area contributed by atoms with Crippen LogP contribution >= 0.6 is 0 Å². The van der Waals surface area contributed by atoms with Crippen molar-refractivity contribution in [3.8, 4) is 5.75 Å². The highest BCUT2D eigenvalue weighted by atomic mass is 16.5. The van der Waals surface area contributed by atoms with E-state index in [4.69, 9.17) is 4.74 Å². The number of rotatable bonds is 7. The third-order valence-electron chi connectivity index (χ3n) is 4.62. The topological polar surface area (TPSA) is 58.6 Å². The van der Waals surface area contributed by atoms with Crippen LogP contribution in [0.2, 0.25) is 0 Å². The lowest BCUT2D eigenvalue weighted by Crippen LogP contribution is -2.39. The number of nitrogens with one attached hydrogen (secondary N) is 1. The Labute approximate surface area is 139 Å². The number of benzene rings is 1. The van der Waals surface area contributed by atoms with Crippen LogP contribution in [0.3, 0.4) is 0 Å². The first-order valence-electron chi connectivity index (χ1n) is 8.74. The molecule has 128 valence electrons. The Morgan fingerprint density at radius 1 is 1.22 bits per heavy atom. The lowest BCUT2D eigenvalue weighted by Gasteiger charge is -2.26. The number of hydrogen-bond acceptors (Lipinski definition) is 3. The number of aliphatic hydroxyl groups is 1. The van der Waals surface area contributed by atoms with Crippen molar-refractivity contribution in [1.82, 2.24) is 5.32 Å². The van der Waals surface area contributed by atoms with Gasteiger partial charge >= 0.3 is 0 Å². The Morgan fingerprint density at radius 3 is 2.48 bits per heavy atom. The number of ether oxygens (including phenoxy) is 1. The summed E-state index contributed by atoms with van der Waals surface area (Å²) in [6.07, 6.45) is 5.32. The summed E-state index contributed by atoms with van der Waals surface area (Å²) in [6, 6.07) is 7.81.